The highest BCUT2D eigenvalue weighted by molar-refractivity contribution is 7.10. The summed E-state index contributed by atoms with van der Waals surface area (Å²) in [6, 6.07) is 33.7. The second-order valence-electron chi connectivity index (χ2n) is 40.5. The molecule has 29 nitrogen and oxygen atoms in total. The van der Waals surface area contributed by atoms with Gasteiger partial charge in [-0.3, -0.25) is 49.1 Å². The maximum Gasteiger partial charge on any atom is 0.234 e. The van der Waals surface area contributed by atoms with Crippen LogP contribution in [0.4, 0.5) is 0 Å². The molecular weight excluding hydrogens is 1890 g/mol. The van der Waals surface area contributed by atoms with Gasteiger partial charge in [-0.2, -0.15) is 4.98 Å². The first-order valence-electron chi connectivity index (χ1n) is 52.7. The summed E-state index contributed by atoms with van der Waals surface area (Å²) in [7, 11) is 0. The Morgan fingerprint density at radius 2 is 1.08 bits per heavy atom. The number of imidazole rings is 3. The van der Waals surface area contributed by atoms with E-state index in [-0.39, 0.29) is 13.3 Å². The number of H-pyrrole nitrogens is 2. The molecule has 1 amide bonds. The molecule has 14 aromatic rings. The van der Waals surface area contributed by atoms with Crippen LogP contribution in [0.2, 0.25) is 0 Å². The van der Waals surface area contributed by atoms with Crippen LogP contribution >= 0.6 is 22.7 Å². The van der Waals surface area contributed by atoms with Crippen LogP contribution in [0.25, 0.3) is 0 Å². The highest BCUT2D eigenvalue weighted by atomic mass is 32.1. The Labute approximate surface area is 899 Å². The Morgan fingerprint density at radius 1 is 0.426 bits per heavy atom. The highest BCUT2D eigenvalue weighted by Gasteiger charge is 2.22. The number of aromatic amines is 2. The third-order valence-corrected chi connectivity index (χ3v) is 24.6. The number of rotatable bonds is 17. The third-order valence-electron chi connectivity index (χ3n) is 22.4. The van der Waals surface area contributed by atoms with Crippen molar-refractivity contribution in [3.05, 3.63) is 305 Å². The van der Waals surface area contributed by atoms with Crippen molar-refractivity contribution < 1.29 is 22.9 Å². The van der Waals surface area contributed by atoms with Crippen LogP contribution in [0.3, 0.4) is 0 Å². The van der Waals surface area contributed by atoms with Gasteiger partial charge in [-0.05, 0) is 194 Å². The largest absolute Gasteiger partial charge is 0.469 e. The van der Waals surface area contributed by atoms with Crippen LogP contribution in [0.1, 0.15) is 405 Å². The Morgan fingerprint density at radius 3 is 1.40 bits per heavy atom. The zero-order chi connectivity index (χ0) is 109. The number of carbonyl (C=O) groups is 1. The van der Waals surface area contributed by atoms with Crippen LogP contribution in [-0.4, -0.2) is 192 Å². The van der Waals surface area contributed by atoms with Crippen LogP contribution in [-0.2, 0) is 22.6 Å². The molecular formula is C117H190N24O5S2. The van der Waals surface area contributed by atoms with E-state index in [0.29, 0.717) is 108 Å². The topological polar surface area (TPSA) is 334 Å². The Balaban J connectivity index is 0.000000787. The molecule has 0 saturated carbocycles. The molecule has 4 aliphatic heterocycles. The minimum atomic E-state index is 0. The van der Waals surface area contributed by atoms with E-state index in [1.807, 2.05) is 149 Å². The number of carbonyl (C=O) groups excluding carboxylic acids is 1. The quantitative estimate of drug-likeness (QED) is 0.0658. The van der Waals surface area contributed by atoms with Gasteiger partial charge in [0.2, 0.25) is 24.6 Å². The van der Waals surface area contributed by atoms with Crippen molar-refractivity contribution >= 4 is 28.6 Å². The maximum atomic E-state index is 10.8. The first-order chi connectivity index (χ1) is 70.0. The predicted octanol–water partition coefficient (Wildman–Crippen LogP) is 28.5. The fourth-order valence-corrected chi connectivity index (χ4v) is 14.2. The zero-order valence-electron chi connectivity index (χ0n) is 95.6. The van der Waals surface area contributed by atoms with Crippen molar-refractivity contribution in [2.24, 2.45) is 5.92 Å². The number of piperazine rings is 2. The van der Waals surface area contributed by atoms with Crippen molar-refractivity contribution in [2.75, 3.05) is 52.4 Å². The monoisotopic (exact) mass is 2080 g/mol. The van der Waals surface area contributed by atoms with Gasteiger partial charge in [0.25, 0.3) is 0 Å². The number of ether oxygens (including phenoxy) is 1. The fraction of sp³-hybridized carbons (Fsp3) is 0.556. The number of pyridine rings is 3. The average Bonchev–Trinajstić information content (AvgIpc) is 1.69. The summed E-state index contributed by atoms with van der Waals surface area (Å²) in [5.74, 6) is 10.4. The predicted molar refractivity (Wildman–Crippen MR) is 614 cm³/mol. The minimum Gasteiger partial charge on any atom is -0.469 e. The summed E-state index contributed by atoms with van der Waals surface area (Å²) >= 11 is 3.55. The minimum absolute atomic E-state index is 0. The number of furan rings is 1. The summed E-state index contributed by atoms with van der Waals surface area (Å²) in [5, 5.41) is 29.8. The van der Waals surface area contributed by atoms with E-state index in [9.17, 15) is 4.79 Å². The van der Waals surface area contributed by atoms with Gasteiger partial charge in [-0.15, -0.1) is 38.0 Å². The van der Waals surface area contributed by atoms with Gasteiger partial charge >= 0.3 is 0 Å². The third kappa shape index (κ3) is 62.9. The number of hydrogen-bond donors (Lipinski definition) is 4. The van der Waals surface area contributed by atoms with Gasteiger partial charge in [0.15, 0.2) is 5.82 Å². The lowest BCUT2D eigenvalue weighted by Crippen LogP contribution is -2.50. The van der Waals surface area contributed by atoms with Crippen molar-refractivity contribution in [1.82, 2.24) is 120 Å². The number of hydrogen-bond acceptors (Lipinski definition) is 26. The number of benzene rings is 1. The van der Waals surface area contributed by atoms with Gasteiger partial charge in [0.05, 0.1) is 48.5 Å². The Hall–Kier alpha value is -11.3. The molecule has 0 bridgehead atoms. The fourth-order valence-electron chi connectivity index (χ4n) is 12.8. The molecule has 3 saturated heterocycles. The summed E-state index contributed by atoms with van der Waals surface area (Å²) in [4.78, 5) is 65.7. The van der Waals surface area contributed by atoms with E-state index in [2.05, 4.69) is 382 Å². The van der Waals surface area contributed by atoms with Gasteiger partial charge in [-0.1, -0.05) is 232 Å². The molecule has 4 N–H and O–H groups in total. The van der Waals surface area contributed by atoms with Crippen molar-refractivity contribution in [2.45, 2.75) is 370 Å². The second kappa shape index (κ2) is 80.7. The molecule has 148 heavy (non-hydrogen) atoms. The molecule has 1 unspecified atom stereocenters. The summed E-state index contributed by atoms with van der Waals surface area (Å²) in [5.41, 5.74) is 8.97. The van der Waals surface area contributed by atoms with Gasteiger partial charge in [0, 0.05) is 233 Å². The molecule has 1 atom stereocenters. The first-order valence-corrected chi connectivity index (χ1v) is 54.4. The number of thiazole rings is 1. The lowest BCUT2D eigenvalue weighted by atomic mass is 10.0. The van der Waals surface area contributed by atoms with Crippen LogP contribution in [0, 0.1) is 5.92 Å². The summed E-state index contributed by atoms with van der Waals surface area (Å²) in [6.07, 6.45) is 40.2. The number of fused-ring (bicyclic) bond motifs is 1. The number of amides is 1. The summed E-state index contributed by atoms with van der Waals surface area (Å²) < 4.78 is 23.8. The van der Waals surface area contributed by atoms with E-state index in [1.165, 1.54) is 76.6 Å². The molecule has 17 heterocycles. The van der Waals surface area contributed by atoms with Crippen LogP contribution in [0.5, 0.6) is 0 Å². The van der Waals surface area contributed by atoms with E-state index in [1.54, 1.807) is 72.0 Å². The average molecular weight is 2080 g/mol. The molecule has 13 aromatic heterocycles. The molecule has 0 spiro atoms. The molecule has 1 aromatic carbocycles. The lowest BCUT2D eigenvalue weighted by Gasteiger charge is -2.30. The number of aromatic nitrogens is 19. The zero-order valence-corrected chi connectivity index (χ0v) is 97.3. The van der Waals surface area contributed by atoms with Crippen molar-refractivity contribution in [3.8, 4) is 0 Å². The molecule has 18 rings (SSSR count). The van der Waals surface area contributed by atoms with E-state index >= 15 is 0 Å². The number of nitrogens with zero attached hydrogens (tertiary/aromatic N) is 20. The number of nitrogens with one attached hydrogen (secondary N) is 4. The molecule has 3 fully saturated rings. The summed E-state index contributed by atoms with van der Waals surface area (Å²) in [6.45, 7) is 83.0. The molecule has 0 aliphatic carbocycles. The lowest BCUT2D eigenvalue weighted by molar-refractivity contribution is -0.124. The van der Waals surface area contributed by atoms with E-state index in [4.69, 9.17) is 13.6 Å². The number of thiophene rings is 1. The molecule has 0 radical (unpaired) electrons. The van der Waals surface area contributed by atoms with Crippen LogP contribution in [0.15, 0.2) is 246 Å². The molecule has 820 valence electrons. The van der Waals surface area contributed by atoms with Crippen molar-refractivity contribution in [3.63, 3.8) is 0 Å². The van der Waals surface area contributed by atoms with E-state index in [0.717, 1.165) is 86.6 Å². The Kier molecular flexibility index (Phi) is 73.4. The first kappa shape index (κ1) is 135. The molecule has 4 aliphatic rings. The standard InChI is InChI=1S/C10H14N2.C9H12.2C8H11N.C7H14N2O.C7H16N2.C7H10N2.C7H14O.C7H10O.C7H10S.3C6H10N2.C6H9NS.C5H9N3.2C5H8N2O.CH4/c1-8(2)12-6-9-3-4-11-5-10(9)7-12;1-8(2)9-6-4-3-5-7-9;1-7(2)8-4-3-5-9-6-8;1-7(2)8-5-3-4-6-9-8;1-6(2)9-4-3-8-7(10)5-9;1-7(2)9-5-3-8-4-6-9;1-6(2)7-5-8-3-4-9-7;3*1-6(2)7-4-3-5-8-7;1-5(2)6-3-7-4-8-6;1-6(2)8-4-3-7-5-8;2*1-5(2)6-7-3-4-8-6;1-5(2)8-4-3-6-7-8;1-4(2)5-7-6-3-8-5;1-4(2)5-6-3-8-7-5;/h3-5,8H,6-7H2,1-2H3;3-8H,1-2H3;2*3-7H,1-2H3;6H,3-5H2,1-2H3,(H,8,10);7-8H,3-6H2,1-2H3;3-6H,1-2H3;6-7H,3-5H2,1-2H3;2*3-6H,1-2H3;3-5H,1-2H3,(H,7,8);3-6H,1-2H3;3-5H,1-2H3,(H,7,8);2*3-5H,1-2H3;2*3-4H,1-2H3;1H4. The normalized spacial score (nSPS) is 13.3. The van der Waals surface area contributed by atoms with Gasteiger partial charge in [0.1, 0.15) is 11.6 Å². The van der Waals surface area contributed by atoms with Gasteiger partial charge in [-0.25, -0.2) is 19.9 Å². The van der Waals surface area contributed by atoms with E-state index < -0.39 is 0 Å². The van der Waals surface area contributed by atoms with Crippen LogP contribution < -0.4 is 10.6 Å². The Bertz CT molecular complexity index is 4420. The second-order valence-corrected chi connectivity index (χ2v) is 42.5. The van der Waals surface area contributed by atoms with Gasteiger partial charge < -0.3 is 43.3 Å². The smallest absolute Gasteiger partial charge is 0.234 e. The van der Waals surface area contributed by atoms with Crippen molar-refractivity contribution in [1.29, 1.82) is 0 Å². The maximum absolute atomic E-state index is 10.8. The highest BCUT2D eigenvalue weighted by Crippen LogP contribution is 2.25. The SMILES string of the molecule is C.CC(C)C1CCCO1.CC(C)N1CCNC(=O)C1.CC(C)N1CCNCC1.CC(C)N1Cc2ccncc2C1.CC(C)c1ccccc1.CC(C)c1ccccn1.CC(C)c1cccnc1.CC(C)c1ccco1.CC(C)c1cccs1.CC(C)c1cnc[nH]1.CC(C)c1cnccn1.CC(C)c1ncc[nH]1.CC(C)c1nccs1.CC(C)c1ncon1.CC(C)c1nnco1.CC(C)n1ccnc1.CC(C)n1ccnn1. The molecule has 31 heteroatoms.